The number of pyridine rings is 1. The Labute approximate surface area is 171 Å². The summed E-state index contributed by atoms with van der Waals surface area (Å²) in [6.45, 7) is 0. The van der Waals surface area contributed by atoms with Gasteiger partial charge in [0.1, 0.15) is 12.1 Å². The van der Waals surface area contributed by atoms with Gasteiger partial charge >= 0.3 is 0 Å². The van der Waals surface area contributed by atoms with Crippen molar-refractivity contribution in [2.45, 2.75) is 6.04 Å². The van der Waals surface area contributed by atoms with Crippen molar-refractivity contribution in [3.8, 4) is 5.82 Å². The van der Waals surface area contributed by atoms with E-state index in [9.17, 15) is 4.79 Å². The van der Waals surface area contributed by atoms with Crippen LogP contribution in [-0.4, -0.2) is 20.4 Å². The molecule has 2 aromatic heterocycles. The fourth-order valence-electron chi connectivity index (χ4n) is 2.94. The monoisotopic (exact) mass is 432 g/mol. The van der Waals surface area contributed by atoms with E-state index in [0.717, 1.165) is 15.6 Å². The van der Waals surface area contributed by atoms with Crippen molar-refractivity contribution in [3.63, 3.8) is 0 Å². The minimum Gasteiger partial charge on any atom is -0.341 e. The summed E-state index contributed by atoms with van der Waals surface area (Å²) in [5, 5.41) is 3.13. The zero-order valence-corrected chi connectivity index (χ0v) is 16.5. The number of aromatic nitrogens is 3. The molecular formula is C22H17BrN4O. The van der Waals surface area contributed by atoms with Crippen molar-refractivity contribution in [1.29, 1.82) is 0 Å². The molecule has 4 rings (SSSR count). The fourth-order valence-corrected chi connectivity index (χ4v) is 3.21. The summed E-state index contributed by atoms with van der Waals surface area (Å²) in [7, 11) is 0. The molecule has 28 heavy (non-hydrogen) atoms. The molecule has 0 saturated carbocycles. The van der Waals surface area contributed by atoms with Gasteiger partial charge in [0.15, 0.2) is 0 Å². The lowest BCUT2D eigenvalue weighted by atomic mass is 9.98. The van der Waals surface area contributed by atoms with Gasteiger partial charge < -0.3 is 5.32 Å². The van der Waals surface area contributed by atoms with Gasteiger partial charge in [-0.25, -0.2) is 9.97 Å². The largest absolute Gasteiger partial charge is 0.341 e. The van der Waals surface area contributed by atoms with Crippen LogP contribution in [0.5, 0.6) is 0 Å². The van der Waals surface area contributed by atoms with E-state index in [1.54, 1.807) is 41.6 Å². The van der Waals surface area contributed by atoms with Gasteiger partial charge in [0.05, 0.1) is 11.6 Å². The number of hydrogen-bond acceptors (Lipinski definition) is 3. The summed E-state index contributed by atoms with van der Waals surface area (Å²) in [6, 6.07) is 21.2. The van der Waals surface area contributed by atoms with Gasteiger partial charge in [-0.05, 0) is 35.4 Å². The molecule has 0 spiro atoms. The van der Waals surface area contributed by atoms with Crippen LogP contribution in [0.1, 0.15) is 27.5 Å². The number of nitrogens with zero attached hydrogens (tertiary/aromatic N) is 3. The zero-order chi connectivity index (χ0) is 19.3. The van der Waals surface area contributed by atoms with E-state index in [4.69, 9.17) is 0 Å². The molecule has 138 valence electrons. The Morgan fingerprint density at radius 3 is 2.36 bits per heavy atom. The predicted octanol–water partition coefficient (Wildman–Crippen LogP) is 4.55. The van der Waals surface area contributed by atoms with E-state index in [1.165, 1.54) is 0 Å². The first-order chi connectivity index (χ1) is 13.7. The molecule has 4 aromatic rings. The number of carbonyl (C=O) groups is 1. The van der Waals surface area contributed by atoms with Crippen molar-refractivity contribution in [1.82, 2.24) is 19.9 Å². The molecule has 2 heterocycles. The first-order valence-electron chi connectivity index (χ1n) is 8.76. The average Bonchev–Trinajstić information content (AvgIpc) is 3.28. The molecule has 2 aromatic carbocycles. The molecule has 0 aliphatic rings. The maximum atomic E-state index is 12.9. The molecule has 1 unspecified atom stereocenters. The number of benzene rings is 2. The van der Waals surface area contributed by atoms with Gasteiger partial charge in [-0.1, -0.05) is 58.4 Å². The van der Waals surface area contributed by atoms with Crippen LogP contribution >= 0.6 is 15.9 Å². The molecule has 0 saturated heterocycles. The van der Waals surface area contributed by atoms with E-state index in [0.29, 0.717) is 11.4 Å². The number of amides is 1. The number of carbonyl (C=O) groups excluding carboxylic acids is 1. The van der Waals surface area contributed by atoms with E-state index < -0.39 is 0 Å². The summed E-state index contributed by atoms with van der Waals surface area (Å²) in [5.74, 6) is 0.531. The highest BCUT2D eigenvalue weighted by atomic mass is 79.9. The van der Waals surface area contributed by atoms with E-state index in [2.05, 4.69) is 31.2 Å². The third-order valence-corrected chi connectivity index (χ3v) is 4.92. The molecule has 0 fully saturated rings. The second-order valence-electron chi connectivity index (χ2n) is 6.24. The molecule has 0 aliphatic heterocycles. The number of imidazole rings is 1. The van der Waals surface area contributed by atoms with Crippen molar-refractivity contribution in [3.05, 3.63) is 113 Å². The van der Waals surface area contributed by atoms with Gasteiger partial charge in [-0.3, -0.25) is 9.36 Å². The Morgan fingerprint density at radius 1 is 0.964 bits per heavy atom. The van der Waals surface area contributed by atoms with Crippen molar-refractivity contribution < 1.29 is 4.79 Å². The molecule has 1 atom stereocenters. The van der Waals surface area contributed by atoms with Gasteiger partial charge in [0.2, 0.25) is 0 Å². The SMILES string of the molecule is O=C(NC(c1ccccc1)c1ccc(Br)cc1)c1ccc(-n2ccnc2)nc1. The van der Waals surface area contributed by atoms with E-state index >= 15 is 0 Å². The van der Waals surface area contributed by atoms with Crippen LogP contribution in [0.4, 0.5) is 0 Å². The number of hydrogen-bond donors (Lipinski definition) is 1. The second-order valence-corrected chi connectivity index (χ2v) is 7.16. The Hall–Kier alpha value is -3.25. The second kappa shape index (κ2) is 8.19. The lowest BCUT2D eigenvalue weighted by molar-refractivity contribution is 0.0942. The van der Waals surface area contributed by atoms with Gasteiger partial charge in [-0.15, -0.1) is 0 Å². The molecular weight excluding hydrogens is 416 g/mol. The van der Waals surface area contributed by atoms with Crippen molar-refractivity contribution in [2.75, 3.05) is 0 Å². The Balaban J connectivity index is 1.59. The molecule has 0 bridgehead atoms. The van der Waals surface area contributed by atoms with E-state index in [-0.39, 0.29) is 11.9 Å². The van der Waals surface area contributed by atoms with Crippen molar-refractivity contribution in [2.24, 2.45) is 0 Å². The minimum atomic E-state index is -0.255. The van der Waals surface area contributed by atoms with Crippen LogP contribution in [-0.2, 0) is 0 Å². The molecule has 0 radical (unpaired) electrons. The Bertz CT molecular complexity index is 1050. The Morgan fingerprint density at radius 2 is 1.71 bits per heavy atom. The minimum absolute atomic E-state index is 0.179. The predicted molar refractivity (Wildman–Crippen MR) is 111 cm³/mol. The number of nitrogens with one attached hydrogen (secondary N) is 1. The lowest BCUT2D eigenvalue weighted by Gasteiger charge is -2.20. The van der Waals surface area contributed by atoms with Crippen LogP contribution in [0, 0.1) is 0 Å². The highest BCUT2D eigenvalue weighted by Gasteiger charge is 2.18. The quantitative estimate of drug-likeness (QED) is 0.503. The summed E-state index contributed by atoms with van der Waals surface area (Å²) in [6.07, 6.45) is 6.74. The third kappa shape index (κ3) is 4.02. The van der Waals surface area contributed by atoms with Crippen LogP contribution in [0.25, 0.3) is 5.82 Å². The van der Waals surface area contributed by atoms with E-state index in [1.807, 2.05) is 54.6 Å². The fraction of sp³-hybridized carbons (Fsp3) is 0.0455. The smallest absolute Gasteiger partial charge is 0.253 e. The highest BCUT2D eigenvalue weighted by Crippen LogP contribution is 2.24. The van der Waals surface area contributed by atoms with Crippen LogP contribution in [0.2, 0.25) is 0 Å². The van der Waals surface area contributed by atoms with Crippen LogP contribution < -0.4 is 5.32 Å². The highest BCUT2D eigenvalue weighted by molar-refractivity contribution is 9.10. The average molecular weight is 433 g/mol. The standard InChI is InChI=1S/C22H17BrN4O/c23-19-9-6-17(7-10-19)21(16-4-2-1-3-5-16)26-22(28)18-8-11-20(25-14-18)27-13-12-24-15-27/h1-15,21H,(H,26,28). The summed E-state index contributed by atoms with van der Waals surface area (Å²) in [4.78, 5) is 21.3. The van der Waals surface area contributed by atoms with Gasteiger partial charge in [-0.2, -0.15) is 0 Å². The number of halogens is 1. The molecule has 6 heteroatoms. The Kier molecular flexibility index (Phi) is 5.30. The first kappa shape index (κ1) is 18.1. The van der Waals surface area contributed by atoms with Crippen LogP contribution in [0.3, 0.4) is 0 Å². The van der Waals surface area contributed by atoms with Crippen LogP contribution in [0.15, 0.2) is 96.1 Å². The third-order valence-electron chi connectivity index (χ3n) is 4.39. The summed E-state index contributed by atoms with van der Waals surface area (Å²) >= 11 is 3.46. The number of rotatable bonds is 5. The van der Waals surface area contributed by atoms with Gasteiger partial charge in [0.25, 0.3) is 5.91 Å². The molecule has 0 aliphatic carbocycles. The maximum Gasteiger partial charge on any atom is 0.253 e. The molecule has 1 N–H and O–H groups in total. The summed E-state index contributed by atoms with van der Waals surface area (Å²) < 4.78 is 2.78. The molecule has 1 amide bonds. The molecule has 5 nitrogen and oxygen atoms in total. The first-order valence-corrected chi connectivity index (χ1v) is 9.56. The maximum absolute atomic E-state index is 12.9. The summed E-state index contributed by atoms with van der Waals surface area (Å²) in [5.41, 5.74) is 2.52. The normalized spacial score (nSPS) is 11.8. The topological polar surface area (TPSA) is 59.8 Å². The lowest BCUT2D eigenvalue weighted by Crippen LogP contribution is -2.29. The zero-order valence-electron chi connectivity index (χ0n) is 14.9. The van der Waals surface area contributed by atoms with Gasteiger partial charge in [0, 0.05) is 23.1 Å². The van der Waals surface area contributed by atoms with Crippen molar-refractivity contribution >= 4 is 21.8 Å².